The number of hydrogen-bond acceptors (Lipinski definition) is 5. The van der Waals surface area contributed by atoms with E-state index in [0.29, 0.717) is 22.1 Å². The first kappa shape index (κ1) is 16.7. The maximum absolute atomic E-state index is 12.7. The molecule has 1 unspecified atom stereocenters. The highest BCUT2D eigenvalue weighted by Crippen LogP contribution is 2.45. The minimum atomic E-state index is -4.43. The van der Waals surface area contributed by atoms with Crippen LogP contribution >= 0.6 is 11.3 Å². The largest absolute Gasteiger partial charge is 0.443 e. The first-order chi connectivity index (χ1) is 9.82. The summed E-state index contributed by atoms with van der Waals surface area (Å²) in [5, 5.41) is -0.854. The summed E-state index contributed by atoms with van der Waals surface area (Å²) in [4.78, 5) is 3.93. The molecule has 1 atom stereocenters. The van der Waals surface area contributed by atoms with Gasteiger partial charge in [0.05, 0.1) is 11.6 Å². The highest BCUT2D eigenvalue weighted by molar-refractivity contribution is 7.11. The van der Waals surface area contributed by atoms with Crippen LogP contribution in [0.15, 0.2) is 6.20 Å². The minimum absolute atomic E-state index is 0.459. The van der Waals surface area contributed by atoms with Crippen molar-refractivity contribution in [2.24, 2.45) is 11.8 Å². The fourth-order valence-electron chi connectivity index (χ4n) is 2.91. The number of aromatic nitrogens is 1. The molecular weight excluding hydrogens is 303 g/mol. The Bertz CT molecular complexity index is 469. The van der Waals surface area contributed by atoms with Crippen molar-refractivity contribution in [1.29, 1.82) is 0 Å². The van der Waals surface area contributed by atoms with Crippen molar-refractivity contribution >= 4 is 11.3 Å². The summed E-state index contributed by atoms with van der Waals surface area (Å²) < 4.78 is 43.8. The average molecular weight is 323 g/mol. The highest BCUT2D eigenvalue weighted by atomic mass is 32.1. The molecule has 0 aliphatic heterocycles. The monoisotopic (exact) mass is 323 g/mol. The topological polar surface area (TPSA) is 60.2 Å². The summed E-state index contributed by atoms with van der Waals surface area (Å²) in [7, 11) is 1.59. The van der Waals surface area contributed by atoms with E-state index >= 15 is 0 Å². The van der Waals surface area contributed by atoms with E-state index in [-0.39, 0.29) is 0 Å². The number of rotatable bonds is 4. The summed E-state index contributed by atoms with van der Waals surface area (Å²) in [6.07, 6.45) is 0.283. The minimum Gasteiger partial charge on any atom is -0.376 e. The first-order valence-electron chi connectivity index (χ1n) is 6.86. The van der Waals surface area contributed by atoms with Crippen LogP contribution in [-0.2, 0) is 10.9 Å². The third-order valence-corrected chi connectivity index (χ3v) is 5.38. The van der Waals surface area contributed by atoms with E-state index in [4.69, 9.17) is 10.6 Å². The SMILES string of the molecule is COC1(C(NN)c2cnc(C(F)(F)F)s2)CCC(C)CC1. The van der Waals surface area contributed by atoms with Gasteiger partial charge in [-0.15, -0.1) is 11.3 Å². The third-order valence-electron chi connectivity index (χ3n) is 4.27. The molecule has 1 aromatic heterocycles. The lowest BCUT2D eigenvalue weighted by Gasteiger charge is -2.43. The predicted octanol–water partition coefficient (Wildman–Crippen LogP) is 3.26. The number of nitrogens with two attached hydrogens (primary N) is 1. The lowest BCUT2D eigenvalue weighted by Crippen LogP contribution is -2.49. The number of thiazole rings is 1. The fourth-order valence-corrected chi connectivity index (χ4v) is 3.86. The maximum Gasteiger partial charge on any atom is 0.443 e. The quantitative estimate of drug-likeness (QED) is 0.659. The normalized spacial score (nSPS) is 28.6. The lowest BCUT2D eigenvalue weighted by molar-refractivity contribution is -0.137. The Morgan fingerprint density at radius 1 is 1.48 bits per heavy atom. The van der Waals surface area contributed by atoms with Crippen molar-refractivity contribution < 1.29 is 17.9 Å². The van der Waals surface area contributed by atoms with E-state index < -0.39 is 22.8 Å². The van der Waals surface area contributed by atoms with Crippen molar-refractivity contribution in [3.05, 3.63) is 16.1 Å². The van der Waals surface area contributed by atoms with E-state index in [1.807, 2.05) is 0 Å². The summed E-state index contributed by atoms with van der Waals surface area (Å²) in [6.45, 7) is 2.17. The number of hydrogen-bond donors (Lipinski definition) is 2. The molecule has 1 aromatic rings. The summed E-state index contributed by atoms with van der Waals surface area (Å²) >= 11 is 0.622. The molecule has 0 aromatic carbocycles. The van der Waals surface area contributed by atoms with Gasteiger partial charge in [-0.05, 0) is 31.6 Å². The summed E-state index contributed by atoms with van der Waals surface area (Å²) in [5.74, 6) is 6.21. The molecule has 3 N–H and O–H groups in total. The molecule has 1 fully saturated rings. The fraction of sp³-hybridized carbons (Fsp3) is 0.769. The smallest absolute Gasteiger partial charge is 0.376 e. The second-order valence-corrected chi connectivity index (χ2v) is 6.68. The van der Waals surface area contributed by atoms with Gasteiger partial charge in [0.2, 0.25) is 0 Å². The number of nitrogens with one attached hydrogen (secondary N) is 1. The average Bonchev–Trinajstić information content (AvgIpc) is 2.91. The van der Waals surface area contributed by atoms with Gasteiger partial charge in [-0.1, -0.05) is 6.92 Å². The van der Waals surface area contributed by atoms with Gasteiger partial charge in [-0.25, -0.2) is 10.4 Å². The molecule has 0 amide bonds. The number of nitrogens with zero attached hydrogens (tertiary/aromatic N) is 1. The lowest BCUT2D eigenvalue weighted by atomic mass is 9.75. The van der Waals surface area contributed by atoms with Crippen molar-refractivity contribution in [2.75, 3.05) is 7.11 Å². The van der Waals surface area contributed by atoms with Crippen LogP contribution in [0, 0.1) is 5.92 Å². The summed E-state index contributed by atoms with van der Waals surface area (Å²) in [6, 6.07) is -0.483. The Morgan fingerprint density at radius 3 is 2.52 bits per heavy atom. The molecule has 120 valence electrons. The predicted molar refractivity (Wildman–Crippen MR) is 74.6 cm³/mol. The zero-order valence-electron chi connectivity index (χ0n) is 12.0. The molecule has 2 rings (SSSR count). The molecule has 1 aliphatic carbocycles. The van der Waals surface area contributed by atoms with Gasteiger partial charge in [-0.2, -0.15) is 13.2 Å². The van der Waals surface area contributed by atoms with Crippen molar-refractivity contribution in [3.8, 4) is 0 Å². The van der Waals surface area contributed by atoms with Crippen LogP contribution in [-0.4, -0.2) is 17.7 Å². The molecule has 0 saturated heterocycles. The van der Waals surface area contributed by atoms with Crippen LogP contribution in [0.1, 0.15) is 48.5 Å². The van der Waals surface area contributed by atoms with Crippen molar-refractivity contribution in [3.63, 3.8) is 0 Å². The van der Waals surface area contributed by atoms with Crippen molar-refractivity contribution in [2.45, 2.75) is 50.4 Å². The molecule has 4 nitrogen and oxygen atoms in total. The Kier molecular flexibility index (Phi) is 4.92. The molecule has 8 heteroatoms. The van der Waals surface area contributed by atoms with E-state index in [1.165, 1.54) is 6.20 Å². The maximum atomic E-state index is 12.7. The van der Waals surface area contributed by atoms with Gasteiger partial charge < -0.3 is 4.74 Å². The Balaban J connectivity index is 2.27. The van der Waals surface area contributed by atoms with Crippen LogP contribution in [0.5, 0.6) is 0 Å². The Labute approximate surface area is 125 Å². The molecule has 0 radical (unpaired) electrons. The standard InChI is InChI=1S/C13H20F3N3OS/c1-8-3-5-12(20-2,6-4-8)10(19-17)9-7-18-11(21-9)13(14,15)16/h7-8,10,19H,3-6,17H2,1-2H3. The van der Waals surface area contributed by atoms with E-state index in [9.17, 15) is 13.2 Å². The van der Waals surface area contributed by atoms with Gasteiger partial charge in [0, 0.05) is 18.2 Å². The van der Waals surface area contributed by atoms with E-state index in [0.717, 1.165) is 25.7 Å². The van der Waals surface area contributed by atoms with Gasteiger partial charge in [-0.3, -0.25) is 5.84 Å². The Hall–Kier alpha value is -0.700. The zero-order chi connectivity index (χ0) is 15.7. The molecular formula is C13H20F3N3OS. The van der Waals surface area contributed by atoms with Gasteiger partial charge in [0.25, 0.3) is 0 Å². The van der Waals surface area contributed by atoms with Crippen LogP contribution in [0.4, 0.5) is 13.2 Å². The van der Waals surface area contributed by atoms with Crippen LogP contribution < -0.4 is 11.3 Å². The number of halogens is 3. The van der Waals surface area contributed by atoms with Crippen molar-refractivity contribution in [1.82, 2.24) is 10.4 Å². The zero-order valence-corrected chi connectivity index (χ0v) is 12.9. The molecule has 1 heterocycles. The first-order valence-corrected chi connectivity index (χ1v) is 7.68. The molecule has 21 heavy (non-hydrogen) atoms. The summed E-state index contributed by atoms with van der Waals surface area (Å²) in [5.41, 5.74) is 2.06. The van der Waals surface area contributed by atoms with Crippen LogP contribution in [0.2, 0.25) is 0 Å². The van der Waals surface area contributed by atoms with Crippen LogP contribution in [0.25, 0.3) is 0 Å². The number of hydrazine groups is 1. The second kappa shape index (κ2) is 6.20. The molecule has 1 aliphatic rings. The third kappa shape index (κ3) is 3.39. The number of methoxy groups -OCH3 is 1. The molecule has 0 bridgehead atoms. The second-order valence-electron chi connectivity index (χ2n) is 5.62. The van der Waals surface area contributed by atoms with Gasteiger partial charge >= 0.3 is 6.18 Å². The van der Waals surface area contributed by atoms with E-state index in [1.54, 1.807) is 7.11 Å². The van der Waals surface area contributed by atoms with E-state index in [2.05, 4.69) is 17.3 Å². The highest BCUT2D eigenvalue weighted by Gasteiger charge is 2.44. The Morgan fingerprint density at radius 2 is 2.10 bits per heavy atom. The molecule has 0 spiro atoms. The van der Waals surface area contributed by atoms with Crippen LogP contribution in [0.3, 0.4) is 0 Å². The number of alkyl halides is 3. The van der Waals surface area contributed by atoms with Gasteiger partial charge in [0.15, 0.2) is 5.01 Å². The molecule has 1 saturated carbocycles. The van der Waals surface area contributed by atoms with Gasteiger partial charge in [0.1, 0.15) is 0 Å². The number of ether oxygens (including phenoxy) is 1.